The zero-order valence-electron chi connectivity index (χ0n) is 11.4. The van der Waals surface area contributed by atoms with Gasteiger partial charge in [-0.2, -0.15) is 0 Å². The van der Waals surface area contributed by atoms with Crippen molar-refractivity contribution in [1.29, 1.82) is 0 Å². The van der Waals surface area contributed by atoms with E-state index in [0.29, 0.717) is 12.3 Å². The predicted octanol–water partition coefficient (Wildman–Crippen LogP) is 4.91. The van der Waals surface area contributed by atoms with E-state index in [1.807, 2.05) is 31.2 Å². The van der Waals surface area contributed by atoms with Crippen LogP contribution in [0.4, 0.5) is 8.78 Å². The summed E-state index contributed by atoms with van der Waals surface area (Å²) < 4.78 is 27.4. The Morgan fingerprint density at radius 2 is 1.60 bits per heavy atom. The highest BCUT2D eigenvalue weighted by Crippen LogP contribution is 2.22. The number of benzene rings is 2. The maximum Gasteiger partial charge on any atom is 0.129 e. The van der Waals surface area contributed by atoms with Crippen LogP contribution in [0.1, 0.15) is 16.7 Å². The molecule has 0 amide bonds. The van der Waals surface area contributed by atoms with Gasteiger partial charge in [-0.25, -0.2) is 8.78 Å². The van der Waals surface area contributed by atoms with Gasteiger partial charge < -0.3 is 0 Å². The van der Waals surface area contributed by atoms with Gasteiger partial charge in [-0.3, -0.25) is 0 Å². The van der Waals surface area contributed by atoms with Crippen molar-refractivity contribution in [1.82, 2.24) is 0 Å². The lowest BCUT2D eigenvalue weighted by atomic mass is 9.92. The number of aryl methyl sites for hydroxylation is 1. The average Bonchev–Trinajstić information content (AvgIpc) is 2.44. The number of hydrogen-bond donors (Lipinski definition) is 0. The lowest BCUT2D eigenvalue weighted by molar-refractivity contribution is 0.507. The van der Waals surface area contributed by atoms with E-state index < -0.39 is 11.6 Å². The fourth-order valence-electron chi connectivity index (χ4n) is 2.35. The minimum atomic E-state index is -0.495. The molecule has 0 aliphatic rings. The fraction of sp³-hybridized carbons (Fsp3) is 0.294. The summed E-state index contributed by atoms with van der Waals surface area (Å²) in [7, 11) is 0. The Balaban J connectivity index is 2.16. The second-order valence-electron chi connectivity index (χ2n) is 5.06. The molecule has 106 valence electrons. The molecule has 0 N–H and O–H groups in total. The summed E-state index contributed by atoms with van der Waals surface area (Å²) in [6.07, 6.45) is 1.04. The molecule has 3 heteroatoms. The van der Waals surface area contributed by atoms with Gasteiger partial charge in [0.25, 0.3) is 0 Å². The van der Waals surface area contributed by atoms with E-state index in [0.717, 1.165) is 6.42 Å². The highest BCUT2D eigenvalue weighted by molar-refractivity contribution is 6.18. The molecule has 0 radical (unpaired) electrons. The van der Waals surface area contributed by atoms with Gasteiger partial charge in [0.05, 0.1) is 0 Å². The first-order valence-corrected chi connectivity index (χ1v) is 7.18. The van der Waals surface area contributed by atoms with Gasteiger partial charge in [-0.1, -0.05) is 30.3 Å². The van der Waals surface area contributed by atoms with Crippen LogP contribution in [0.15, 0.2) is 42.5 Å². The summed E-state index contributed by atoms with van der Waals surface area (Å²) in [6.45, 7) is 2.03. The molecule has 0 fully saturated rings. The summed E-state index contributed by atoms with van der Waals surface area (Å²) >= 11 is 5.98. The van der Waals surface area contributed by atoms with Gasteiger partial charge in [0.2, 0.25) is 0 Å². The van der Waals surface area contributed by atoms with Gasteiger partial charge in [0.15, 0.2) is 0 Å². The maximum absolute atomic E-state index is 13.7. The van der Waals surface area contributed by atoms with E-state index in [4.69, 9.17) is 11.6 Å². The maximum atomic E-state index is 13.7. The van der Waals surface area contributed by atoms with Crippen LogP contribution in [-0.4, -0.2) is 5.88 Å². The quantitative estimate of drug-likeness (QED) is 0.687. The highest BCUT2D eigenvalue weighted by atomic mass is 35.5. The van der Waals surface area contributed by atoms with Gasteiger partial charge in [-0.15, -0.1) is 11.6 Å². The van der Waals surface area contributed by atoms with Crippen molar-refractivity contribution in [3.8, 4) is 0 Å². The average molecular weight is 295 g/mol. The Labute approximate surface area is 123 Å². The zero-order chi connectivity index (χ0) is 14.5. The van der Waals surface area contributed by atoms with Crippen molar-refractivity contribution in [3.05, 3.63) is 70.8 Å². The molecule has 2 aromatic carbocycles. The monoisotopic (exact) mass is 294 g/mol. The second-order valence-corrected chi connectivity index (χ2v) is 5.36. The van der Waals surface area contributed by atoms with Crippen LogP contribution in [0.25, 0.3) is 0 Å². The molecular weight excluding hydrogens is 278 g/mol. The first-order chi connectivity index (χ1) is 9.61. The molecule has 1 unspecified atom stereocenters. The Hall–Kier alpha value is -1.41. The van der Waals surface area contributed by atoms with E-state index in [2.05, 4.69) is 0 Å². The SMILES string of the molecule is Cc1ccccc1CC(CCl)Cc1c(F)cccc1F. The molecule has 20 heavy (non-hydrogen) atoms. The van der Waals surface area contributed by atoms with Crippen molar-refractivity contribution in [2.45, 2.75) is 19.8 Å². The van der Waals surface area contributed by atoms with Crippen molar-refractivity contribution in [2.24, 2.45) is 5.92 Å². The third-order valence-electron chi connectivity index (χ3n) is 3.54. The normalized spacial score (nSPS) is 12.4. The molecule has 0 nitrogen and oxygen atoms in total. The van der Waals surface area contributed by atoms with Gasteiger partial charge in [-0.05, 0) is 48.9 Å². The van der Waals surface area contributed by atoms with Crippen LogP contribution in [0.3, 0.4) is 0 Å². The molecule has 0 aliphatic heterocycles. The molecule has 0 spiro atoms. The van der Waals surface area contributed by atoms with E-state index in [1.54, 1.807) is 0 Å². The van der Waals surface area contributed by atoms with E-state index in [1.165, 1.54) is 29.3 Å². The van der Waals surface area contributed by atoms with Gasteiger partial charge >= 0.3 is 0 Å². The first-order valence-electron chi connectivity index (χ1n) is 6.65. The largest absolute Gasteiger partial charge is 0.207 e. The van der Waals surface area contributed by atoms with Crippen molar-refractivity contribution >= 4 is 11.6 Å². The Morgan fingerprint density at radius 3 is 2.20 bits per heavy atom. The second kappa shape index (κ2) is 6.85. The third kappa shape index (κ3) is 3.57. The number of rotatable bonds is 5. The number of hydrogen-bond acceptors (Lipinski definition) is 0. The molecule has 0 saturated heterocycles. The van der Waals surface area contributed by atoms with Crippen LogP contribution >= 0.6 is 11.6 Å². The Kier molecular flexibility index (Phi) is 5.13. The smallest absolute Gasteiger partial charge is 0.129 e. The van der Waals surface area contributed by atoms with Crippen LogP contribution in [0, 0.1) is 24.5 Å². The van der Waals surface area contributed by atoms with Crippen molar-refractivity contribution in [3.63, 3.8) is 0 Å². The highest BCUT2D eigenvalue weighted by Gasteiger charge is 2.16. The number of halogens is 3. The van der Waals surface area contributed by atoms with E-state index in [-0.39, 0.29) is 11.5 Å². The molecule has 0 saturated carbocycles. The van der Waals surface area contributed by atoms with Gasteiger partial charge in [0.1, 0.15) is 11.6 Å². The van der Waals surface area contributed by atoms with E-state index in [9.17, 15) is 8.78 Å². The van der Waals surface area contributed by atoms with Crippen LogP contribution in [0.5, 0.6) is 0 Å². The summed E-state index contributed by atoms with van der Waals surface area (Å²) in [6, 6.07) is 12.0. The minimum absolute atomic E-state index is 0.0177. The molecule has 1 atom stereocenters. The molecule has 2 rings (SSSR count). The molecule has 2 aromatic rings. The Morgan fingerprint density at radius 1 is 0.950 bits per heavy atom. The standard InChI is InChI=1S/C17H17ClF2/c1-12-5-2-3-6-14(12)9-13(11-18)10-15-16(19)7-4-8-17(15)20/h2-8,13H,9-11H2,1H3. The third-order valence-corrected chi connectivity index (χ3v) is 3.98. The predicted molar refractivity (Wildman–Crippen MR) is 79.2 cm³/mol. The van der Waals surface area contributed by atoms with Crippen LogP contribution < -0.4 is 0 Å². The molecule has 0 aliphatic carbocycles. The zero-order valence-corrected chi connectivity index (χ0v) is 12.1. The lowest BCUT2D eigenvalue weighted by Gasteiger charge is -2.16. The molecule has 0 heterocycles. The topological polar surface area (TPSA) is 0 Å². The number of alkyl halides is 1. The molecule has 0 aromatic heterocycles. The lowest BCUT2D eigenvalue weighted by Crippen LogP contribution is -2.13. The summed E-state index contributed by atoms with van der Waals surface area (Å²) in [5, 5.41) is 0. The summed E-state index contributed by atoms with van der Waals surface area (Å²) in [5.74, 6) is -0.596. The van der Waals surface area contributed by atoms with Crippen LogP contribution in [0.2, 0.25) is 0 Å². The van der Waals surface area contributed by atoms with Crippen molar-refractivity contribution in [2.75, 3.05) is 5.88 Å². The summed E-state index contributed by atoms with van der Waals surface area (Å²) in [4.78, 5) is 0. The molecule has 0 bridgehead atoms. The molecular formula is C17H17ClF2. The fourth-order valence-corrected chi connectivity index (χ4v) is 2.57. The summed E-state index contributed by atoms with van der Waals surface area (Å²) in [5.41, 5.74) is 2.48. The van der Waals surface area contributed by atoms with Gasteiger partial charge in [0, 0.05) is 11.4 Å². The minimum Gasteiger partial charge on any atom is -0.207 e. The first kappa shape index (κ1) is 15.0. The van der Waals surface area contributed by atoms with Crippen molar-refractivity contribution < 1.29 is 8.78 Å². The van der Waals surface area contributed by atoms with E-state index >= 15 is 0 Å². The van der Waals surface area contributed by atoms with Crippen LogP contribution in [-0.2, 0) is 12.8 Å². The Bertz CT molecular complexity index is 561.